The van der Waals surface area contributed by atoms with E-state index in [0.29, 0.717) is 18.9 Å². The predicted octanol–water partition coefficient (Wildman–Crippen LogP) is 1.43. The number of carbonyl (C=O) groups excluding carboxylic acids is 2. The van der Waals surface area contributed by atoms with Gasteiger partial charge in [0, 0.05) is 26.2 Å². The summed E-state index contributed by atoms with van der Waals surface area (Å²) in [6, 6.07) is 8.58. The Bertz CT molecular complexity index is 604. The van der Waals surface area contributed by atoms with Crippen molar-refractivity contribution in [1.29, 1.82) is 0 Å². The van der Waals surface area contributed by atoms with Crippen molar-refractivity contribution in [2.75, 3.05) is 24.8 Å². The van der Waals surface area contributed by atoms with E-state index >= 15 is 0 Å². The van der Waals surface area contributed by atoms with Crippen molar-refractivity contribution in [2.24, 2.45) is 10.8 Å². The molecule has 25 heavy (non-hydrogen) atoms. The number of para-hydroxylation sites is 1. The van der Waals surface area contributed by atoms with E-state index in [4.69, 9.17) is 10.5 Å². The van der Waals surface area contributed by atoms with Crippen LogP contribution in [0.4, 0.5) is 5.69 Å². The topological polar surface area (TPSA) is 97.0 Å². The summed E-state index contributed by atoms with van der Waals surface area (Å²) in [6.45, 7) is 4.00. The number of nitrogens with two attached hydrogens (primary N) is 1. The number of benzene rings is 1. The van der Waals surface area contributed by atoms with Crippen LogP contribution in [0.1, 0.15) is 32.6 Å². The molecule has 1 aliphatic rings. The summed E-state index contributed by atoms with van der Waals surface area (Å²) in [5.74, 6) is -0.766. The highest BCUT2D eigenvalue weighted by Crippen LogP contribution is 2.24. The van der Waals surface area contributed by atoms with E-state index in [9.17, 15) is 9.59 Å². The summed E-state index contributed by atoms with van der Waals surface area (Å²) in [5.41, 5.74) is 6.52. The van der Waals surface area contributed by atoms with Crippen molar-refractivity contribution in [3.8, 4) is 0 Å². The summed E-state index contributed by atoms with van der Waals surface area (Å²) >= 11 is 0. The molecule has 0 saturated carbocycles. The average molecular weight is 346 g/mol. The number of hydrogen-bond acceptors (Lipinski definition) is 5. The number of nitrogens with one attached hydrogen (secondary N) is 1. The average Bonchev–Trinajstić information content (AvgIpc) is 3.07. The smallest absolute Gasteiger partial charge is 0.267 e. The zero-order chi connectivity index (χ0) is 18.1. The molecule has 1 atom stereocenters. The molecule has 1 aromatic carbocycles. The second-order valence-corrected chi connectivity index (χ2v) is 5.92. The molecule has 0 bridgehead atoms. The molecule has 2 rings (SSSR count). The normalized spacial score (nSPS) is 16.6. The molecule has 136 valence electrons. The minimum absolute atomic E-state index is 0.211. The first-order valence-corrected chi connectivity index (χ1v) is 8.70. The Kier molecular flexibility index (Phi) is 7.40. The number of anilines is 1. The minimum Gasteiger partial charge on any atom is -0.381 e. The van der Waals surface area contributed by atoms with Crippen LogP contribution < -0.4 is 16.1 Å². The summed E-state index contributed by atoms with van der Waals surface area (Å²) in [5, 5.41) is 8.64. The number of ether oxygens (including phenoxy) is 1. The van der Waals surface area contributed by atoms with Gasteiger partial charge in [-0.3, -0.25) is 14.6 Å². The first-order valence-electron chi connectivity index (χ1n) is 8.70. The van der Waals surface area contributed by atoms with Gasteiger partial charge < -0.3 is 15.8 Å². The van der Waals surface area contributed by atoms with Crippen LogP contribution in [0.2, 0.25) is 0 Å². The van der Waals surface area contributed by atoms with Crippen molar-refractivity contribution in [3.63, 3.8) is 0 Å². The van der Waals surface area contributed by atoms with E-state index in [0.717, 1.165) is 31.6 Å². The molecule has 1 unspecified atom stereocenters. The first-order chi connectivity index (χ1) is 12.1. The molecule has 0 radical (unpaired) electrons. The van der Waals surface area contributed by atoms with Gasteiger partial charge in [-0.1, -0.05) is 31.5 Å². The molecular weight excluding hydrogens is 320 g/mol. The van der Waals surface area contributed by atoms with Crippen molar-refractivity contribution >= 4 is 23.2 Å². The molecule has 7 nitrogen and oxygen atoms in total. The van der Waals surface area contributed by atoms with Crippen molar-refractivity contribution in [1.82, 2.24) is 5.32 Å². The maximum atomic E-state index is 12.3. The zero-order valence-corrected chi connectivity index (χ0v) is 14.6. The monoisotopic (exact) mass is 346 g/mol. The fraction of sp³-hybridized carbons (Fsp3) is 0.500. The second kappa shape index (κ2) is 9.78. The third-order valence-electron chi connectivity index (χ3n) is 3.91. The number of unbranched alkanes of at least 4 members (excludes halogenated alkanes) is 1. The van der Waals surface area contributed by atoms with E-state index in [-0.39, 0.29) is 12.3 Å². The number of nitrogens with zero attached hydrogens (tertiary/aromatic N) is 2. The Balaban J connectivity index is 1.86. The van der Waals surface area contributed by atoms with E-state index in [1.807, 2.05) is 30.3 Å². The van der Waals surface area contributed by atoms with Gasteiger partial charge in [0.1, 0.15) is 11.8 Å². The molecule has 1 aromatic rings. The molecule has 2 amide bonds. The SMILES string of the molecule is CCCCOCCCNC(=O)C1=NN(c2ccccc2)C(C(N)=O)C1. The third-order valence-corrected chi connectivity index (χ3v) is 3.91. The fourth-order valence-corrected chi connectivity index (χ4v) is 2.51. The molecule has 1 heterocycles. The summed E-state index contributed by atoms with van der Waals surface area (Å²) < 4.78 is 5.45. The maximum absolute atomic E-state index is 12.3. The number of carbonyl (C=O) groups is 2. The van der Waals surface area contributed by atoms with Crippen molar-refractivity contribution in [2.45, 2.75) is 38.6 Å². The zero-order valence-electron chi connectivity index (χ0n) is 14.6. The van der Waals surface area contributed by atoms with Crippen LogP contribution >= 0.6 is 0 Å². The Morgan fingerprint density at radius 1 is 1.28 bits per heavy atom. The van der Waals surface area contributed by atoms with E-state index < -0.39 is 11.9 Å². The van der Waals surface area contributed by atoms with Gasteiger partial charge in [0.25, 0.3) is 5.91 Å². The van der Waals surface area contributed by atoms with Gasteiger partial charge in [0.2, 0.25) is 5.91 Å². The largest absolute Gasteiger partial charge is 0.381 e. The van der Waals surface area contributed by atoms with Crippen molar-refractivity contribution < 1.29 is 14.3 Å². The highest BCUT2D eigenvalue weighted by atomic mass is 16.5. The Morgan fingerprint density at radius 2 is 2.00 bits per heavy atom. The Hall–Kier alpha value is -2.41. The van der Waals surface area contributed by atoms with Crippen LogP contribution in [0.15, 0.2) is 35.4 Å². The van der Waals surface area contributed by atoms with Gasteiger partial charge in [-0.2, -0.15) is 5.10 Å². The quantitative estimate of drug-likeness (QED) is 0.626. The van der Waals surface area contributed by atoms with E-state index in [1.54, 1.807) is 0 Å². The number of rotatable bonds is 10. The highest BCUT2D eigenvalue weighted by Gasteiger charge is 2.34. The standard InChI is InChI=1S/C18H26N4O3/c1-2-3-11-25-12-7-10-20-18(24)15-13-16(17(19)23)22(21-15)14-8-5-4-6-9-14/h4-6,8-9,16H,2-3,7,10-13H2,1H3,(H2,19,23)(H,20,24). The van der Waals surface area contributed by atoms with Crippen LogP contribution in [-0.2, 0) is 14.3 Å². The molecule has 0 aliphatic carbocycles. The molecule has 7 heteroatoms. The summed E-state index contributed by atoms with van der Waals surface area (Å²) in [7, 11) is 0. The molecule has 0 aromatic heterocycles. The van der Waals surface area contributed by atoms with Crippen LogP contribution in [0.3, 0.4) is 0 Å². The van der Waals surface area contributed by atoms with Gasteiger partial charge in [-0.15, -0.1) is 0 Å². The summed E-state index contributed by atoms with van der Waals surface area (Å²) in [6.07, 6.45) is 3.11. The second-order valence-electron chi connectivity index (χ2n) is 5.92. The maximum Gasteiger partial charge on any atom is 0.267 e. The summed E-state index contributed by atoms with van der Waals surface area (Å²) in [4.78, 5) is 24.0. The minimum atomic E-state index is -0.638. The Labute approximate surface area is 148 Å². The molecule has 1 aliphatic heterocycles. The van der Waals surface area contributed by atoms with Crippen LogP contribution in [0.5, 0.6) is 0 Å². The van der Waals surface area contributed by atoms with E-state index in [2.05, 4.69) is 17.3 Å². The van der Waals surface area contributed by atoms with Crippen LogP contribution in [0.25, 0.3) is 0 Å². The van der Waals surface area contributed by atoms with Crippen LogP contribution in [0, 0.1) is 0 Å². The molecule has 3 N–H and O–H groups in total. The van der Waals surface area contributed by atoms with Crippen molar-refractivity contribution in [3.05, 3.63) is 30.3 Å². The van der Waals surface area contributed by atoms with Gasteiger partial charge in [0.05, 0.1) is 5.69 Å². The first kappa shape index (κ1) is 18.9. The van der Waals surface area contributed by atoms with Gasteiger partial charge in [-0.25, -0.2) is 0 Å². The van der Waals surface area contributed by atoms with Gasteiger partial charge in [-0.05, 0) is 25.0 Å². The lowest BCUT2D eigenvalue weighted by Gasteiger charge is -2.20. The lowest BCUT2D eigenvalue weighted by molar-refractivity contribution is -0.119. The van der Waals surface area contributed by atoms with E-state index in [1.165, 1.54) is 5.01 Å². The molecule has 0 saturated heterocycles. The lowest BCUT2D eigenvalue weighted by atomic mass is 10.1. The number of primary amides is 1. The number of hydrazone groups is 1. The molecule has 0 spiro atoms. The lowest BCUT2D eigenvalue weighted by Crippen LogP contribution is -2.40. The number of amides is 2. The van der Waals surface area contributed by atoms with Gasteiger partial charge >= 0.3 is 0 Å². The Morgan fingerprint density at radius 3 is 2.68 bits per heavy atom. The fourth-order valence-electron chi connectivity index (χ4n) is 2.51. The van der Waals surface area contributed by atoms with Gasteiger partial charge in [0.15, 0.2) is 0 Å². The number of hydrogen-bond donors (Lipinski definition) is 2. The molecular formula is C18H26N4O3. The predicted molar refractivity (Wildman–Crippen MR) is 97.3 cm³/mol. The van der Waals surface area contributed by atoms with Crippen LogP contribution in [-0.4, -0.2) is 43.3 Å². The third kappa shape index (κ3) is 5.56. The molecule has 0 fully saturated rings. The highest BCUT2D eigenvalue weighted by molar-refractivity contribution is 6.40.